The lowest BCUT2D eigenvalue weighted by Crippen LogP contribution is -2.43. The first-order chi connectivity index (χ1) is 14.3. The van der Waals surface area contributed by atoms with E-state index in [0.29, 0.717) is 34.7 Å². The molecule has 2 aromatic rings. The van der Waals surface area contributed by atoms with Crippen LogP contribution in [0, 0.1) is 0 Å². The number of amides is 1. The Balaban J connectivity index is 2.09. The Morgan fingerprint density at radius 2 is 1.77 bits per heavy atom. The molecule has 0 aliphatic heterocycles. The zero-order valence-corrected chi connectivity index (χ0v) is 17.8. The summed E-state index contributed by atoms with van der Waals surface area (Å²) in [5.41, 5.74) is 12.7. The van der Waals surface area contributed by atoms with E-state index in [1.165, 1.54) is 0 Å². The van der Waals surface area contributed by atoms with Crippen LogP contribution in [0.3, 0.4) is 0 Å². The zero-order chi connectivity index (χ0) is 22.1. The van der Waals surface area contributed by atoms with E-state index in [1.807, 2.05) is 6.07 Å². The third-order valence-electron chi connectivity index (χ3n) is 4.99. The van der Waals surface area contributed by atoms with Crippen LogP contribution in [0.1, 0.15) is 53.6 Å². The van der Waals surface area contributed by atoms with Crippen molar-refractivity contribution in [1.29, 1.82) is 0 Å². The van der Waals surface area contributed by atoms with Crippen LogP contribution in [0.25, 0.3) is 0 Å². The third kappa shape index (κ3) is 6.49. The SMILES string of the molecule is C[C@H](C(=O)CNC(=O)[C@@H](N)CCCCN)c1ccc(Cl)cc1C(=O)c1ccccc1. The Morgan fingerprint density at radius 1 is 1.07 bits per heavy atom. The molecular formula is C23H28ClN3O3. The average Bonchev–Trinajstić information content (AvgIpc) is 2.76. The summed E-state index contributed by atoms with van der Waals surface area (Å²) in [5, 5.41) is 3.01. The number of Topliss-reactive ketones (excluding diaryl/α,β-unsaturated/α-hetero) is 1. The van der Waals surface area contributed by atoms with Crippen molar-refractivity contribution in [3.05, 3.63) is 70.2 Å². The van der Waals surface area contributed by atoms with Crippen molar-refractivity contribution in [2.75, 3.05) is 13.1 Å². The van der Waals surface area contributed by atoms with E-state index in [0.717, 1.165) is 12.8 Å². The molecule has 0 spiro atoms. The second-order valence-corrected chi connectivity index (χ2v) is 7.66. The van der Waals surface area contributed by atoms with Gasteiger partial charge in [-0.3, -0.25) is 14.4 Å². The van der Waals surface area contributed by atoms with Gasteiger partial charge in [0, 0.05) is 22.1 Å². The molecule has 1 amide bonds. The fraction of sp³-hybridized carbons (Fsp3) is 0.348. The van der Waals surface area contributed by atoms with Crippen LogP contribution in [0.5, 0.6) is 0 Å². The number of hydrogen-bond donors (Lipinski definition) is 3. The number of hydrogen-bond acceptors (Lipinski definition) is 5. The van der Waals surface area contributed by atoms with Gasteiger partial charge in [-0.15, -0.1) is 0 Å². The van der Waals surface area contributed by atoms with E-state index in [2.05, 4.69) is 5.32 Å². The second kappa shape index (κ2) is 11.6. The number of carbonyl (C=O) groups is 3. The van der Waals surface area contributed by atoms with Crippen molar-refractivity contribution in [2.24, 2.45) is 11.5 Å². The van der Waals surface area contributed by atoms with Gasteiger partial charge in [-0.1, -0.05) is 61.3 Å². The van der Waals surface area contributed by atoms with Crippen molar-refractivity contribution < 1.29 is 14.4 Å². The molecule has 5 N–H and O–H groups in total. The third-order valence-corrected chi connectivity index (χ3v) is 5.22. The first kappa shape index (κ1) is 23.7. The fourth-order valence-corrected chi connectivity index (χ4v) is 3.29. The number of nitrogens with two attached hydrogens (primary N) is 2. The number of rotatable bonds is 11. The minimum Gasteiger partial charge on any atom is -0.348 e. The summed E-state index contributed by atoms with van der Waals surface area (Å²) in [6.07, 6.45) is 2.07. The van der Waals surface area contributed by atoms with Crippen LogP contribution in [-0.2, 0) is 9.59 Å². The topological polar surface area (TPSA) is 115 Å². The Bertz CT molecular complexity index is 887. The van der Waals surface area contributed by atoms with Crippen molar-refractivity contribution >= 4 is 29.1 Å². The second-order valence-electron chi connectivity index (χ2n) is 7.22. The normalized spacial score (nSPS) is 12.8. The highest BCUT2D eigenvalue weighted by molar-refractivity contribution is 6.31. The molecule has 2 atom stereocenters. The molecule has 160 valence electrons. The fourth-order valence-electron chi connectivity index (χ4n) is 3.12. The Hall–Kier alpha value is -2.54. The average molecular weight is 430 g/mol. The minimum absolute atomic E-state index is 0.161. The molecule has 6 nitrogen and oxygen atoms in total. The van der Waals surface area contributed by atoms with Crippen LogP contribution in [0.15, 0.2) is 48.5 Å². The maximum Gasteiger partial charge on any atom is 0.237 e. The van der Waals surface area contributed by atoms with Crippen molar-refractivity contribution in [1.82, 2.24) is 5.32 Å². The Morgan fingerprint density at radius 3 is 2.43 bits per heavy atom. The van der Waals surface area contributed by atoms with Crippen molar-refractivity contribution in [3.63, 3.8) is 0 Å². The molecule has 0 aliphatic rings. The molecule has 2 aromatic carbocycles. The molecule has 0 aromatic heterocycles. The summed E-state index contributed by atoms with van der Waals surface area (Å²) in [4.78, 5) is 37.8. The van der Waals surface area contributed by atoms with E-state index >= 15 is 0 Å². The summed E-state index contributed by atoms with van der Waals surface area (Å²) in [6, 6.07) is 13.0. The molecule has 0 heterocycles. The van der Waals surface area contributed by atoms with Crippen LogP contribution < -0.4 is 16.8 Å². The smallest absolute Gasteiger partial charge is 0.237 e. The Kier molecular flexibility index (Phi) is 9.17. The van der Waals surface area contributed by atoms with E-state index < -0.39 is 12.0 Å². The molecular weight excluding hydrogens is 402 g/mol. The van der Waals surface area contributed by atoms with Crippen LogP contribution >= 0.6 is 11.6 Å². The number of ketones is 2. The highest BCUT2D eigenvalue weighted by Gasteiger charge is 2.23. The summed E-state index contributed by atoms with van der Waals surface area (Å²) in [6.45, 7) is 2.10. The summed E-state index contributed by atoms with van der Waals surface area (Å²) in [5.74, 6) is -1.40. The molecule has 0 saturated carbocycles. The first-order valence-corrected chi connectivity index (χ1v) is 10.4. The molecule has 30 heavy (non-hydrogen) atoms. The molecule has 0 fully saturated rings. The number of unbranched alkanes of at least 4 members (excludes halogenated alkanes) is 1. The van der Waals surface area contributed by atoms with E-state index in [9.17, 15) is 14.4 Å². The quantitative estimate of drug-likeness (QED) is 0.375. The molecule has 0 aliphatic carbocycles. The molecule has 7 heteroatoms. The zero-order valence-electron chi connectivity index (χ0n) is 17.1. The summed E-state index contributed by atoms with van der Waals surface area (Å²) in [7, 11) is 0. The predicted molar refractivity (Wildman–Crippen MR) is 119 cm³/mol. The van der Waals surface area contributed by atoms with Gasteiger partial charge in [0.15, 0.2) is 11.6 Å². The van der Waals surface area contributed by atoms with Gasteiger partial charge in [-0.2, -0.15) is 0 Å². The van der Waals surface area contributed by atoms with Crippen LogP contribution in [-0.4, -0.2) is 36.6 Å². The van der Waals surface area contributed by atoms with Gasteiger partial charge in [0.2, 0.25) is 5.91 Å². The number of nitrogens with one attached hydrogen (secondary N) is 1. The standard InChI is InChI=1S/C23H28ClN3O3/c1-15(21(28)14-27-23(30)20(26)9-5-6-12-25)18-11-10-17(24)13-19(18)22(29)16-7-3-2-4-8-16/h2-4,7-8,10-11,13,15,20H,5-6,9,12,14,25-26H2,1H3,(H,27,30)/t15-,20-/m0/s1. The minimum atomic E-state index is -0.676. The maximum absolute atomic E-state index is 13.0. The van der Waals surface area contributed by atoms with Gasteiger partial charge >= 0.3 is 0 Å². The molecule has 2 rings (SSSR count). The number of halogens is 1. The van der Waals surface area contributed by atoms with E-state index in [1.54, 1.807) is 49.4 Å². The van der Waals surface area contributed by atoms with E-state index in [4.69, 9.17) is 23.1 Å². The van der Waals surface area contributed by atoms with Gasteiger partial charge in [0.05, 0.1) is 12.6 Å². The lowest BCUT2D eigenvalue weighted by atomic mass is 9.88. The largest absolute Gasteiger partial charge is 0.348 e. The van der Waals surface area contributed by atoms with Crippen molar-refractivity contribution in [2.45, 2.75) is 38.1 Å². The van der Waals surface area contributed by atoms with Gasteiger partial charge in [0.1, 0.15) is 0 Å². The maximum atomic E-state index is 13.0. The van der Waals surface area contributed by atoms with Gasteiger partial charge in [-0.25, -0.2) is 0 Å². The molecule has 0 unspecified atom stereocenters. The molecule has 0 bridgehead atoms. The van der Waals surface area contributed by atoms with Crippen molar-refractivity contribution in [3.8, 4) is 0 Å². The predicted octanol–water partition coefficient (Wildman–Crippen LogP) is 2.82. The van der Waals surface area contributed by atoms with E-state index in [-0.39, 0.29) is 24.0 Å². The van der Waals surface area contributed by atoms with Gasteiger partial charge in [-0.05, 0) is 37.1 Å². The number of carbonyl (C=O) groups excluding carboxylic acids is 3. The van der Waals surface area contributed by atoms with Crippen LogP contribution in [0.2, 0.25) is 5.02 Å². The first-order valence-electron chi connectivity index (χ1n) is 10.0. The highest BCUT2D eigenvalue weighted by Crippen LogP contribution is 2.26. The van der Waals surface area contributed by atoms with Crippen LogP contribution in [0.4, 0.5) is 0 Å². The molecule has 0 saturated heterocycles. The number of benzene rings is 2. The lowest BCUT2D eigenvalue weighted by Gasteiger charge is -2.17. The lowest BCUT2D eigenvalue weighted by molar-refractivity contribution is -0.126. The summed E-state index contributed by atoms with van der Waals surface area (Å²) >= 11 is 6.11. The highest BCUT2D eigenvalue weighted by atomic mass is 35.5. The Labute approximate surface area is 182 Å². The molecule has 0 radical (unpaired) electrons. The van der Waals surface area contributed by atoms with Gasteiger partial charge in [0.25, 0.3) is 0 Å². The monoisotopic (exact) mass is 429 g/mol. The summed E-state index contributed by atoms with van der Waals surface area (Å²) < 4.78 is 0. The van der Waals surface area contributed by atoms with Gasteiger partial charge < -0.3 is 16.8 Å².